The van der Waals surface area contributed by atoms with E-state index in [1.165, 1.54) is 6.20 Å². The molecule has 6 nitrogen and oxygen atoms in total. The van der Waals surface area contributed by atoms with Gasteiger partial charge in [0.25, 0.3) is 0 Å². The fourth-order valence-corrected chi connectivity index (χ4v) is 2.90. The Labute approximate surface area is 138 Å². The predicted molar refractivity (Wildman–Crippen MR) is 89.0 cm³/mol. The molecule has 0 fully saturated rings. The Bertz CT molecular complexity index is 971. The summed E-state index contributed by atoms with van der Waals surface area (Å²) in [4.78, 5) is 8.71. The Morgan fingerprint density at radius 3 is 2.70 bits per heavy atom. The Kier molecular flexibility index (Phi) is 3.58. The van der Waals surface area contributed by atoms with Crippen LogP contribution in [0.25, 0.3) is 16.7 Å². The number of fused-ring (bicyclic) bond motifs is 1. The normalized spacial score (nSPS) is 10.7. The highest BCUT2D eigenvalue weighted by Crippen LogP contribution is 2.35. The van der Waals surface area contributed by atoms with Crippen LogP contribution in [-0.2, 0) is 0 Å². The summed E-state index contributed by atoms with van der Waals surface area (Å²) in [7, 11) is 1.58. The molecule has 3 heterocycles. The number of pyridine rings is 2. The zero-order valence-electron chi connectivity index (χ0n) is 12.9. The number of nitrogens with zero attached hydrogens (tertiary/aromatic N) is 4. The molecule has 0 amide bonds. The van der Waals surface area contributed by atoms with Crippen molar-refractivity contribution in [3.63, 3.8) is 0 Å². The minimum Gasteiger partial charge on any atom is -0.495 e. The van der Waals surface area contributed by atoms with E-state index >= 15 is 0 Å². The van der Waals surface area contributed by atoms with Crippen LogP contribution in [0, 0.1) is 25.2 Å². The molecule has 0 bridgehead atoms. The number of methoxy groups -OCH3 is 1. The number of aromatic nitrogens is 3. The second kappa shape index (κ2) is 5.45. The summed E-state index contributed by atoms with van der Waals surface area (Å²) in [5, 5.41) is 10.5. The van der Waals surface area contributed by atoms with Gasteiger partial charge in [0.1, 0.15) is 28.8 Å². The first-order valence-electron chi connectivity index (χ1n) is 6.85. The smallest absolute Gasteiger partial charge is 0.147 e. The van der Waals surface area contributed by atoms with Crippen LogP contribution in [0.4, 0.5) is 5.82 Å². The summed E-state index contributed by atoms with van der Waals surface area (Å²) in [5.74, 6) is 0.942. The Morgan fingerprint density at radius 1 is 1.30 bits per heavy atom. The maximum absolute atomic E-state index is 9.45. The molecule has 0 saturated carbocycles. The summed E-state index contributed by atoms with van der Waals surface area (Å²) < 4.78 is 7.07. The van der Waals surface area contributed by atoms with Crippen LogP contribution in [0.1, 0.15) is 16.8 Å². The molecular weight excluding hydrogens is 314 g/mol. The quantitative estimate of drug-likeness (QED) is 0.780. The predicted octanol–water partition coefficient (Wildman–Crippen LogP) is 3.15. The van der Waals surface area contributed by atoms with Crippen molar-refractivity contribution in [3.8, 4) is 17.5 Å². The van der Waals surface area contributed by atoms with Gasteiger partial charge in [-0.15, -0.1) is 0 Å². The van der Waals surface area contributed by atoms with Crippen molar-refractivity contribution in [3.05, 3.63) is 40.3 Å². The average Bonchev–Trinajstić information content (AvgIpc) is 2.79. The molecule has 0 aliphatic carbocycles. The molecule has 3 aromatic heterocycles. The van der Waals surface area contributed by atoms with E-state index in [1.807, 2.05) is 13.8 Å². The summed E-state index contributed by atoms with van der Waals surface area (Å²) in [6, 6.07) is 3.82. The van der Waals surface area contributed by atoms with Gasteiger partial charge in [-0.1, -0.05) is 11.6 Å². The third kappa shape index (κ3) is 2.17. The topological polar surface area (TPSA) is 89.8 Å². The molecule has 0 aliphatic heterocycles. The van der Waals surface area contributed by atoms with Gasteiger partial charge < -0.3 is 10.5 Å². The number of hydrogen-bond donors (Lipinski definition) is 1. The first-order chi connectivity index (χ1) is 11.0. The van der Waals surface area contributed by atoms with Gasteiger partial charge in [0.2, 0.25) is 0 Å². The third-order valence-corrected chi connectivity index (χ3v) is 4.02. The van der Waals surface area contributed by atoms with Crippen LogP contribution in [0.3, 0.4) is 0 Å². The Hall–Kier alpha value is -2.78. The van der Waals surface area contributed by atoms with E-state index in [0.717, 1.165) is 16.9 Å². The highest BCUT2D eigenvalue weighted by Gasteiger charge is 2.21. The van der Waals surface area contributed by atoms with Crippen LogP contribution in [0.15, 0.2) is 18.5 Å². The molecule has 0 unspecified atom stereocenters. The van der Waals surface area contributed by atoms with Crippen LogP contribution in [0.2, 0.25) is 5.02 Å². The van der Waals surface area contributed by atoms with Gasteiger partial charge in [0.05, 0.1) is 29.7 Å². The molecule has 0 radical (unpaired) electrons. The van der Waals surface area contributed by atoms with Crippen molar-refractivity contribution in [2.24, 2.45) is 0 Å². The molecule has 0 aromatic carbocycles. The lowest BCUT2D eigenvalue weighted by Gasteiger charge is -2.15. The van der Waals surface area contributed by atoms with Crippen LogP contribution < -0.4 is 10.5 Å². The van der Waals surface area contributed by atoms with Gasteiger partial charge in [0.15, 0.2) is 0 Å². The molecule has 116 valence electrons. The van der Waals surface area contributed by atoms with Crippen molar-refractivity contribution < 1.29 is 4.74 Å². The van der Waals surface area contributed by atoms with Crippen molar-refractivity contribution >= 4 is 28.5 Å². The molecule has 0 spiro atoms. The molecule has 3 rings (SSSR count). The zero-order chi connectivity index (χ0) is 16.7. The van der Waals surface area contributed by atoms with E-state index < -0.39 is 0 Å². The lowest BCUT2D eigenvalue weighted by molar-refractivity contribution is 0.409. The summed E-state index contributed by atoms with van der Waals surface area (Å²) >= 11 is 6.01. The van der Waals surface area contributed by atoms with Gasteiger partial charge >= 0.3 is 0 Å². The molecule has 7 heteroatoms. The van der Waals surface area contributed by atoms with Crippen LogP contribution in [-0.4, -0.2) is 21.6 Å². The first kappa shape index (κ1) is 15.1. The highest BCUT2D eigenvalue weighted by molar-refractivity contribution is 6.31. The molecule has 0 aliphatic rings. The van der Waals surface area contributed by atoms with Crippen LogP contribution >= 0.6 is 11.6 Å². The maximum Gasteiger partial charge on any atom is 0.147 e. The monoisotopic (exact) mass is 327 g/mol. The molecular formula is C16H14ClN5O. The van der Waals surface area contributed by atoms with E-state index in [2.05, 4.69) is 16.0 Å². The summed E-state index contributed by atoms with van der Waals surface area (Å²) in [6.07, 6.45) is 3.19. The third-order valence-electron chi connectivity index (χ3n) is 3.81. The number of aryl methyl sites for hydroxylation is 1. The maximum atomic E-state index is 9.45. The fourth-order valence-electron chi connectivity index (χ4n) is 2.74. The van der Waals surface area contributed by atoms with Gasteiger partial charge in [-0.3, -0.25) is 9.55 Å². The molecule has 23 heavy (non-hydrogen) atoms. The van der Waals surface area contributed by atoms with Gasteiger partial charge in [0, 0.05) is 17.1 Å². The molecule has 0 saturated heterocycles. The lowest BCUT2D eigenvalue weighted by atomic mass is 10.2. The van der Waals surface area contributed by atoms with E-state index in [-0.39, 0.29) is 0 Å². The minimum absolute atomic E-state index is 0.304. The van der Waals surface area contributed by atoms with Crippen molar-refractivity contribution in [1.29, 1.82) is 5.26 Å². The Morgan fingerprint density at radius 2 is 2.04 bits per heavy atom. The zero-order valence-corrected chi connectivity index (χ0v) is 13.6. The lowest BCUT2D eigenvalue weighted by Crippen LogP contribution is -2.07. The second-order valence-electron chi connectivity index (χ2n) is 5.12. The largest absolute Gasteiger partial charge is 0.495 e. The second-order valence-corrected chi connectivity index (χ2v) is 5.55. The summed E-state index contributed by atoms with van der Waals surface area (Å²) in [6.45, 7) is 3.78. The number of halogens is 1. The molecule has 3 aromatic rings. The van der Waals surface area contributed by atoms with Gasteiger partial charge in [-0.2, -0.15) is 5.26 Å². The number of hydrogen-bond acceptors (Lipinski definition) is 5. The minimum atomic E-state index is 0.304. The number of nitrogen functional groups attached to an aromatic ring is 1. The number of nitriles is 1. The van der Waals surface area contributed by atoms with Gasteiger partial charge in [-0.25, -0.2) is 4.98 Å². The standard InChI is InChI=1S/C16H14ClN5O/c1-8-13(23-3)7-20-9(2)14(8)22-15(19)12(5-18)11-4-10(17)6-21-16(11)22/h4,6-7H,19H2,1-3H3. The number of ether oxygens (including phenoxy) is 1. The van der Waals surface area contributed by atoms with E-state index in [9.17, 15) is 5.26 Å². The SMILES string of the molecule is COc1cnc(C)c(-n2c(N)c(C#N)c3cc(Cl)cnc32)c1C. The first-order valence-corrected chi connectivity index (χ1v) is 7.23. The van der Waals surface area contributed by atoms with E-state index in [1.54, 1.807) is 23.9 Å². The van der Waals surface area contributed by atoms with E-state index in [4.69, 9.17) is 22.1 Å². The molecule has 2 N–H and O–H groups in total. The van der Waals surface area contributed by atoms with Crippen molar-refractivity contribution in [2.75, 3.05) is 12.8 Å². The summed E-state index contributed by atoms with van der Waals surface area (Å²) in [5.41, 5.74) is 9.51. The highest BCUT2D eigenvalue weighted by atomic mass is 35.5. The van der Waals surface area contributed by atoms with Crippen molar-refractivity contribution in [2.45, 2.75) is 13.8 Å². The fraction of sp³-hybridized carbons (Fsp3) is 0.188. The number of nitrogens with two attached hydrogens (primary N) is 1. The van der Waals surface area contributed by atoms with Crippen LogP contribution in [0.5, 0.6) is 5.75 Å². The number of rotatable bonds is 2. The number of anilines is 1. The van der Waals surface area contributed by atoms with Crippen molar-refractivity contribution in [1.82, 2.24) is 14.5 Å². The van der Waals surface area contributed by atoms with E-state index in [0.29, 0.717) is 33.2 Å². The molecule has 0 atom stereocenters. The average molecular weight is 328 g/mol. The van der Waals surface area contributed by atoms with Gasteiger partial charge in [-0.05, 0) is 19.9 Å². The Balaban J connectivity index is 2.48.